The van der Waals surface area contributed by atoms with Crippen molar-refractivity contribution in [3.05, 3.63) is 71.1 Å². The minimum absolute atomic E-state index is 0.122. The Morgan fingerprint density at radius 1 is 1.07 bits per heavy atom. The molecular formula is C21H20N4OS. The van der Waals surface area contributed by atoms with Crippen LogP contribution in [0.5, 0.6) is 0 Å². The molecule has 0 aliphatic rings. The molecular weight excluding hydrogens is 356 g/mol. The molecule has 0 radical (unpaired) electrons. The SMILES string of the molecule is Cc1nc(C(=O)NCCCc2nc3ccccc3[nH]2)c(-c2ccccc2)s1. The van der Waals surface area contributed by atoms with Gasteiger partial charge in [0.05, 0.1) is 20.9 Å². The summed E-state index contributed by atoms with van der Waals surface area (Å²) in [5, 5.41) is 3.88. The van der Waals surface area contributed by atoms with E-state index in [0.717, 1.165) is 45.1 Å². The lowest BCUT2D eigenvalue weighted by Gasteiger charge is -2.05. The summed E-state index contributed by atoms with van der Waals surface area (Å²) in [6.07, 6.45) is 1.60. The van der Waals surface area contributed by atoms with E-state index in [1.807, 2.05) is 61.5 Å². The number of carbonyl (C=O) groups is 1. The Bertz CT molecular complexity index is 1040. The molecule has 5 nitrogen and oxygen atoms in total. The number of aromatic nitrogens is 3. The maximum absolute atomic E-state index is 12.6. The number of aryl methyl sites for hydroxylation is 2. The first-order valence-corrected chi connectivity index (χ1v) is 9.77. The number of thiazole rings is 1. The van der Waals surface area contributed by atoms with Crippen molar-refractivity contribution in [3.8, 4) is 10.4 Å². The van der Waals surface area contributed by atoms with Crippen LogP contribution in [0, 0.1) is 6.92 Å². The molecule has 0 aliphatic heterocycles. The zero-order valence-electron chi connectivity index (χ0n) is 15.0. The Balaban J connectivity index is 1.37. The van der Waals surface area contributed by atoms with Crippen molar-refractivity contribution in [2.75, 3.05) is 6.54 Å². The second-order valence-corrected chi connectivity index (χ2v) is 7.54. The predicted molar refractivity (Wildman–Crippen MR) is 109 cm³/mol. The summed E-state index contributed by atoms with van der Waals surface area (Å²) < 4.78 is 0. The number of aromatic amines is 1. The van der Waals surface area contributed by atoms with Crippen molar-refractivity contribution < 1.29 is 4.79 Å². The van der Waals surface area contributed by atoms with Crippen molar-refractivity contribution >= 4 is 28.3 Å². The third-order valence-corrected chi connectivity index (χ3v) is 5.32. The maximum Gasteiger partial charge on any atom is 0.271 e. The molecule has 0 bridgehead atoms. The van der Waals surface area contributed by atoms with Gasteiger partial charge < -0.3 is 10.3 Å². The first-order valence-electron chi connectivity index (χ1n) is 8.95. The first kappa shape index (κ1) is 17.4. The van der Waals surface area contributed by atoms with E-state index in [0.29, 0.717) is 12.2 Å². The number of nitrogens with zero attached hydrogens (tertiary/aromatic N) is 2. The second kappa shape index (κ2) is 7.72. The van der Waals surface area contributed by atoms with Crippen LogP contribution in [0.3, 0.4) is 0 Å². The van der Waals surface area contributed by atoms with Crippen molar-refractivity contribution in [2.24, 2.45) is 0 Å². The number of hydrogen-bond acceptors (Lipinski definition) is 4. The number of amides is 1. The van der Waals surface area contributed by atoms with Gasteiger partial charge in [-0.15, -0.1) is 11.3 Å². The molecule has 4 rings (SSSR count). The summed E-state index contributed by atoms with van der Waals surface area (Å²) in [6.45, 7) is 2.51. The third kappa shape index (κ3) is 3.90. The van der Waals surface area contributed by atoms with Gasteiger partial charge in [0.2, 0.25) is 0 Å². The molecule has 136 valence electrons. The van der Waals surface area contributed by atoms with Gasteiger partial charge in [-0.1, -0.05) is 42.5 Å². The van der Waals surface area contributed by atoms with Gasteiger partial charge in [0, 0.05) is 13.0 Å². The van der Waals surface area contributed by atoms with Crippen LogP contribution < -0.4 is 5.32 Å². The van der Waals surface area contributed by atoms with Crippen LogP contribution in [-0.4, -0.2) is 27.4 Å². The molecule has 6 heteroatoms. The van der Waals surface area contributed by atoms with Crippen molar-refractivity contribution in [3.63, 3.8) is 0 Å². The molecule has 0 fully saturated rings. The standard InChI is InChI=1S/C21H20N4OS/c1-14-23-19(20(27-14)15-8-3-2-4-9-15)21(26)22-13-7-12-18-24-16-10-5-6-11-17(16)25-18/h2-6,8-11H,7,12-13H2,1H3,(H,22,26)(H,24,25). The quantitative estimate of drug-likeness (QED) is 0.491. The second-order valence-electron chi connectivity index (χ2n) is 6.34. The molecule has 0 saturated carbocycles. The fourth-order valence-corrected chi connectivity index (χ4v) is 3.95. The Morgan fingerprint density at radius 2 is 1.85 bits per heavy atom. The summed E-state index contributed by atoms with van der Waals surface area (Å²) >= 11 is 1.55. The minimum Gasteiger partial charge on any atom is -0.351 e. The van der Waals surface area contributed by atoms with E-state index in [-0.39, 0.29) is 5.91 Å². The molecule has 0 unspecified atom stereocenters. The highest BCUT2D eigenvalue weighted by atomic mass is 32.1. The van der Waals surface area contributed by atoms with E-state index in [2.05, 4.69) is 20.3 Å². The fraction of sp³-hybridized carbons (Fsp3) is 0.190. The summed E-state index contributed by atoms with van der Waals surface area (Å²) in [7, 11) is 0. The van der Waals surface area contributed by atoms with Crippen LogP contribution in [0.15, 0.2) is 54.6 Å². The average Bonchev–Trinajstić information content (AvgIpc) is 3.29. The van der Waals surface area contributed by atoms with Crippen molar-refractivity contribution in [1.29, 1.82) is 0 Å². The minimum atomic E-state index is -0.122. The molecule has 0 aliphatic carbocycles. The summed E-state index contributed by atoms with van der Waals surface area (Å²) in [5.41, 5.74) is 3.55. The van der Waals surface area contributed by atoms with Crippen LogP contribution in [0.4, 0.5) is 0 Å². The zero-order valence-corrected chi connectivity index (χ0v) is 15.8. The topological polar surface area (TPSA) is 70.7 Å². The number of hydrogen-bond donors (Lipinski definition) is 2. The fourth-order valence-electron chi connectivity index (χ4n) is 3.03. The lowest BCUT2D eigenvalue weighted by Crippen LogP contribution is -2.25. The molecule has 27 heavy (non-hydrogen) atoms. The Hall–Kier alpha value is -2.99. The van der Waals surface area contributed by atoms with Crippen LogP contribution in [0.25, 0.3) is 21.5 Å². The monoisotopic (exact) mass is 376 g/mol. The molecule has 0 spiro atoms. The van der Waals surface area contributed by atoms with Gasteiger partial charge in [-0.3, -0.25) is 4.79 Å². The zero-order chi connectivity index (χ0) is 18.6. The van der Waals surface area contributed by atoms with E-state index < -0.39 is 0 Å². The molecule has 1 amide bonds. The number of nitrogens with one attached hydrogen (secondary N) is 2. The molecule has 2 aromatic heterocycles. The first-order chi connectivity index (χ1) is 13.2. The summed E-state index contributed by atoms with van der Waals surface area (Å²) in [5.74, 6) is 0.822. The van der Waals surface area contributed by atoms with Crippen LogP contribution in [0.2, 0.25) is 0 Å². The molecule has 0 atom stereocenters. The van der Waals surface area contributed by atoms with Crippen LogP contribution in [-0.2, 0) is 6.42 Å². The lowest BCUT2D eigenvalue weighted by atomic mass is 10.1. The predicted octanol–water partition coefficient (Wildman–Crippen LogP) is 4.36. The number of H-pyrrole nitrogens is 1. The highest BCUT2D eigenvalue weighted by Crippen LogP contribution is 2.29. The van der Waals surface area contributed by atoms with Gasteiger partial charge in [0.25, 0.3) is 5.91 Å². The van der Waals surface area contributed by atoms with E-state index in [1.54, 1.807) is 11.3 Å². The molecule has 4 aromatic rings. The normalized spacial score (nSPS) is 11.0. The Kier molecular flexibility index (Phi) is 4.98. The van der Waals surface area contributed by atoms with Gasteiger partial charge >= 0.3 is 0 Å². The van der Waals surface area contributed by atoms with Gasteiger partial charge in [-0.25, -0.2) is 9.97 Å². The number of fused-ring (bicyclic) bond motifs is 1. The highest BCUT2D eigenvalue weighted by molar-refractivity contribution is 7.15. The molecule has 2 N–H and O–H groups in total. The van der Waals surface area contributed by atoms with Crippen molar-refractivity contribution in [1.82, 2.24) is 20.3 Å². The van der Waals surface area contributed by atoms with Gasteiger partial charge in [-0.05, 0) is 31.0 Å². The Labute approximate surface area is 161 Å². The largest absolute Gasteiger partial charge is 0.351 e. The highest BCUT2D eigenvalue weighted by Gasteiger charge is 2.17. The van der Waals surface area contributed by atoms with Crippen LogP contribution in [0.1, 0.15) is 27.7 Å². The maximum atomic E-state index is 12.6. The number of benzene rings is 2. The molecule has 2 heterocycles. The number of para-hydroxylation sites is 2. The van der Waals surface area contributed by atoms with E-state index in [1.165, 1.54) is 0 Å². The smallest absolute Gasteiger partial charge is 0.271 e. The van der Waals surface area contributed by atoms with E-state index in [9.17, 15) is 4.79 Å². The van der Waals surface area contributed by atoms with Gasteiger partial charge in [0.15, 0.2) is 0 Å². The number of carbonyl (C=O) groups excluding carboxylic acids is 1. The van der Waals surface area contributed by atoms with E-state index in [4.69, 9.17) is 0 Å². The van der Waals surface area contributed by atoms with Crippen molar-refractivity contribution in [2.45, 2.75) is 19.8 Å². The molecule has 2 aromatic carbocycles. The lowest BCUT2D eigenvalue weighted by molar-refractivity contribution is 0.0949. The number of rotatable bonds is 6. The molecule has 0 saturated heterocycles. The third-order valence-electron chi connectivity index (χ3n) is 4.30. The summed E-state index contributed by atoms with van der Waals surface area (Å²) in [6, 6.07) is 17.9. The Morgan fingerprint density at radius 3 is 2.67 bits per heavy atom. The van der Waals surface area contributed by atoms with E-state index >= 15 is 0 Å². The van der Waals surface area contributed by atoms with Gasteiger partial charge in [0.1, 0.15) is 11.5 Å². The van der Waals surface area contributed by atoms with Gasteiger partial charge in [-0.2, -0.15) is 0 Å². The van der Waals surface area contributed by atoms with Crippen LogP contribution >= 0.6 is 11.3 Å². The average molecular weight is 376 g/mol. The number of imidazole rings is 1. The summed E-state index contributed by atoms with van der Waals surface area (Å²) in [4.78, 5) is 25.9.